The van der Waals surface area contributed by atoms with Crippen molar-refractivity contribution >= 4 is 33.4 Å². The van der Waals surface area contributed by atoms with E-state index >= 15 is 0 Å². The van der Waals surface area contributed by atoms with Gasteiger partial charge in [-0.25, -0.2) is 4.39 Å². The topological polar surface area (TPSA) is 76.7 Å². The molecule has 0 fully saturated rings. The SMILES string of the molecule is O=C(NCc1ccc2c(c1)OCO2)C(=O)Nc1ccc(Br)cc1F. The van der Waals surface area contributed by atoms with Gasteiger partial charge in [-0.3, -0.25) is 9.59 Å². The second kappa shape index (κ2) is 6.88. The van der Waals surface area contributed by atoms with Crippen LogP contribution in [0.1, 0.15) is 5.56 Å². The van der Waals surface area contributed by atoms with Gasteiger partial charge in [0.15, 0.2) is 11.5 Å². The average molecular weight is 395 g/mol. The Labute approximate surface area is 145 Å². The van der Waals surface area contributed by atoms with Crippen molar-refractivity contribution < 1.29 is 23.5 Å². The molecule has 2 aromatic carbocycles. The van der Waals surface area contributed by atoms with Crippen molar-refractivity contribution in [2.45, 2.75) is 6.54 Å². The van der Waals surface area contributed by atoms with Crippen molar-refractivity contribution in [2.24, 2.45) is 0 Å². The van der Waals surface area contributed by atoms with Crippen molar-refractivity contribution in [3.05, 3.63) is 52.3 Å². The van der Waals surface area contributed by atoms with Gasteiger partial charge in [-0.1, -0.05) is 22.0 Å². The normalized spacial score (nSPS) is 11.9. The number of ether oxygens (including phenoxy) is 2. The molecule has 1 heterocycles. The first-order valence-electron chi connectivity index (χ1n) is 6.95. The summed E-state index contributed by atoms with van der Waals surface area (Å²) in [6, 6.07) is 9.31. The van der Waals surface area contributed by atoms with Crippen LogP contribution in [0.5, 0.6) is 11.5 Å². The Bertz CT molecular complexity index is 813. The van der Waals surface area contributed by atoms with Gasteiger partial charge in [0.05, 0.1) is 5.69 Å². The zero-order valence-electron chi connectivity index (χ0n) is 12.3. The summed E-state index contributed by atoms with van der Waals surface area (Å²) in [6.07, 6.45) is 0. The minimum absolute atomic E-state index is 0.0681. The van der Waals surface area contributed by atoms with Crippen LogP contribution in [0.2, 0.25) is 0 Å². The number of halogens is 2. The van der Waals surface area contributed by atoms with Crippen molar-refractivity contribution in [3.8, 4) is 11.5 Å². The highest BCUT2D eigenvalue weighted by Crippen LogP contribution is 2.32. The van der Waals surface area contributed by atoms with E-state index in [1.54, 1.807) is 24.3 Å². The number of carbonyl (C=O) groups excluding carboxylic acids is 2. The highest BCUT2D eigenvalue weighted by molar-refractivity contribution is 9.10. The molecule has 2 amide bonds. The molecule has 0 aliphatic carbocycles. The van der Waals surface area contributed by atoms with Crippen LogP contribution in [0, 0.1) is 5.82 Å². The van der Waals surface area contributed by atoms with Crippen molar-refractivity contribution in [3.63, 3.8) is 0 Å². The molecular weight excluding hydrogens is 383 g/mol. The molecule has 2 aromatic rings. The lowest BCUT2D eigenvalue weighted by molar-refractivity contribution is -0.136. The summed E-state index contributed by atoms with van der Waals surface area (Å²) >= 11 is 3.11. The summed E-state index contributed by atoms with van der Waals surface area (Å²) in [4.78, 5) is 23.6. The van der Waals surface area contributed by atoms with Crippen molar-refractivity contribution in [2.75, 3.05) is 12.1 Å². The molecule has 0 bridgehead atoms. The van der Waals surface area contributed by atoms with Gasteiger partial charge in [0.2, 0.25) is 6.79 Å². The number of carbonyl (C=O) groups is 2. The molecular formula is C16H12BrFN2O4. The molecule has 124 valence electrons. The number of benzene rings is 2. The van der Waals surface area contributed by atoms with E-state index in [1.165, 1.54) is 12.1 Å². The molecule has 2 N–H and O–H groups in total. The van der Waals surface area contributed by atoms with E-state index in [0.717, 1.165) is 5.56 Å². The Hall–Kier alpha value is -2.61. The highest BCUT2D eigenvalue weighted by atomic mass is 79.9. The van der Waals surface area contributed by atoms with Gasteiger partial charge in [-0.05, 0) is 35.9 Å². The molecule has 0 unspecified atom stereocenters. The predicted octanol–water partition coefficient (Wildman–Crippen LogP) is 2.57. The van der Waals surface area contributed by atoms with E-state index in [4.69, 9.17) is 9.47 Å². The average Bonchev–Trinajstić information content (AvgIpc) is 3.02. The van der Waals surface area contributed by atoms with E-state index < -0.39 is 17.6 Å². The monoisotopic (exact) mass is 394 g/mol. The molecule has 1 aliphatic heterocycles. The molecule has 3 rings (SSSR count). The van der Waals surface area contributed by atoms with Gasteiger partial charge in [0.1, 0.15) is 5.82 Å². The standard InChI is InChI=1S/C16H12BrFN2O4/c17-10-2-3-12(11(18)6-10)20-16(22)15(21)19-7-9-1-4-13-14(5-9)24-8-23-13/h1-6H,7-8H2,(H,19,21)(H,20,22). The van der Waals surface area contributed by atoms with Crippen LogP contribution >= 0.6 is 15.9 Å². The summed E-state index contributed by atoms with van der Waals surface area (Å²) in [5.41, 5.74) is 0.677. The Morgan fingerprint density at radius 1 is 1.08 bits per heavy atom. The van der Waals surface area contributed by atoms with Crippen LogP contribution in [-0.4, -0.2) is 18.6 Å². The molecule has 0 radical (unpaired) electrons. The van der Waals surface area contributed by atoms with Gasteiger partial charge >= 0.3 is 11.8 Å². The summed E-state index contributed by atoms with van der Waals surface area (Å²) < 4.78 is 24.6. The fourth-order valence-corrected chi connectivity index (χ4v) is 2.42. The van der Waals surface area contributed by atoms with Gasteiger partial charge in [0, 0.05) is 11.0 Å². The third kappa shape index (κ3) is 3.65. The van der Waals surface area contributed by atoms with Crippen molar-refractivity contribution in [1.29, 1.82) is 0 Å². The molecule has 1 aliphatic rings. The first-order chi connectivity index (χ1) is 11.5. The molecule has 0 saturated carbocycles. The van der Waals surface area contributed by atoms with E-state index in [9.17, 15) is 14.0 Å². The minimum Gasteiger partial charge on any atom is -0.454 e. The van der Waals surface area contributed by atoms with Crippen LogP contribution in [0.15, 0.2) is 40.9 Å². The first kappa shape index (κ1) is 16.3. The van der Waals surface area contributed by atoms with Crippen LogP contribution < -0.4 is 20.1 Å². The Balaban J connectivity index is 1.57. The smallest absolute Gasteiger partial charge is 0.313 e. The maximum atomic E-state index is 13.6. The molecule has 0 atom stereocenters. The van der Waals surface area contributed by atoms with E-state index in [0.29, 0.717) is 16.0 Å². The summed E-state index contributed by atoms with van der Waals surface area (Å²) in [5.74, 6) is -1.23. The Morgan fingerprint density at radius 3 is 2.67 bits per heavy atom. The second-order valence-electron chi connectivity index (χ2n) is 4.95. The zero-order chi connectivity index (χ0) is 17.1. The van der Waals surface area contributed by atoms with Crippen LogP contribution in [-0.2, 0) is 16.1 Å². The van der Waals surface area contributed by atoms with E-state index in [-0.39, 0.29) is 19.0 Å². The molecule has 0 aromatic heterocycles. The van der Waals surface area contributed by atoms with E-state index in [1.807, 2.05) is 0 Å². The minimum atomic E-state index is -0.947. The third-order valence-electron chi connectivity index (χ3n) is 3.28. The summed E-state index contributed by atoms with van der Waals surface area (Å²) in [6.45, 7) is 0.290. The summed E-state index contributed by atoms with van der Waals surface area (Å²) in [5, 5.41) is 4.69. The lowest BCUT2D eigenvalue weighted by atomic mass is 10.2. The Kier molecular flexibility index (Phi) is 4.66. The number of amides is 2. The lowest BCUT2D eigenvalue weighted by Crippen LogP contribution is -2.35. The fraction of sp³-hybridized carbons (Fsp3) is 0.125. The van der Waals surface area contributed by atoms with Gasteiger partial charge < -0.3 is 20.1 Å². The largest absolute Gasteiger partial charge is 0.454 e. The maximum Gasteiger partial charge on any atom is 0.313 e. The molecule has 8 heteroatoms. The molecule has 24 heavy (non-hydrogen) atoms. The van der Waals surface area contributed by atoms with Gasteiger partial charge in [-0.2, -0.15) is 0 Å². The maximum absolute atomic E-state index is 13.6. The van der Waals surface area contributed by atoms with Crippen molar-refractivity contribution in [1.82, 2.24) is 5.32 Å². The van der Waals surface area contributed by atoms with Crippen LogP contribution in [0.4, 0.5) is 10.1 Å². The highest BCUT2D eigenvalue weighted by Gasteiger charge is 2.17. The number of fused-ring (bicyclic) bond motifs is 1. The number of rotatable bonds is 3. The summed E-state index contributed by atoms with van der Waals surface area (Å²) in [7, 11) is 0. The first-order valence-corrected chi connectivity index (χ1v) is 7.75. The molecule has 6 nitrogen and oxygen atoms in total. The quantitative estimate of drug-likeness (QED) is 0.784. The Morgan fingerprint density at radius 2 is 1.88 bits per heavy atom. The number of anilines is 1. The zero-order valence-corrected chi connectivity index (χ0v) is 13.9. The fourth-order valence-electron chi connectivity index (χ4n) is 2.08. The number of hydrogen-bond acceptors (Lipinski definition) is 4. The molecule has 0 spiro atoms. The number of nitrogens with one attached hydrogen (secondary N) is 2. The van der Waals surface area contributed by atoms with Crippen LogP contribution in [0.3, 0.4) is 0 Å². The van der Waals surface area contributed by atoms with Gasteiger partial charge in [0.25, 0.3) is 0 Å². The lowest BCUT2D eigenvalue weighted by Gasteiger charge is -2.08. The molecule has 0 saturated heterocycles. The van der Waals surface area contributed by atoms with Gasteiger partial charge in [-0.15, -0.1) is 0 Å². The van der Waals surface area contributed by atoms with E-state index in [2.05, 4.69) is 26.6 Å². The second-order valence-corrected chi connectivity index (χ2v) is 5.86. The third-order valence-corrected chi connectivity index (χ3v) is 3.77. The number of hydrogen-bond donors (Lipinski definition) is 2. The van der Waals surface area contributed by atoms with Crippen LogP contribution in [0.25, 0.3) is 0 Å². The predicted molar refractivity (Wildman–Crippen MR) is 87.1 cm³/mol.